The number of alkyl halides is 3. The molecular weight excluding hydrogens is 261 g/mol. The van der Waals surface area contributed by atoms with Crippen molar-refractivity contribution in [3.05, 3.63) is 23.9 Å². The monoisotopic (exact) mass is 278 g/mol. The molecule has 0 aliphatic carbocycles. The molecule has 0 aliphatic rings. The van der Waals surface area contributed by atoms with Gasteiger partial charge in [-0.15, -0.1) is 11.8 Å². The summed E-state index contributed by atoms with van der Waals surface area (Å²) in [5.74, 6) is 1.30. The molecule has 0 aromatic carbocycles. The highest BCUT2D eigenvalue weighted by molar-refractivity contribution is 7.99. The first kappa shape index (κ1) is 15.3. The van der Waals surface area contributed by atoms with Crippen molar-refractivity contribution in [2.75, 3.05) is 18.8 Å². The predicted molar refractivity (Wildman–Crippen MR) is 67.7 cm³/mol. The molecule has 1 aromatic rings. The maximum atomic E-state index is 12.3. The second-order valence-electron chi connectivity index (χ2n) is 4.11. The van der Waals surface area contributed by atoms with E-state index in [4.69, 9.17) is 0 Å². The highest BCUT2D eigenvalue weighted by atomic mass is 32.2. The molecule has 1 atom stereocenters. The fourth-order valence-corrected chi connectivity index (χ4v) is 2.18. The third-order valence-corrected chi connectivity index (χ3v) is 3.60. The van der Waals surface area contributed by atoms with Crippen molar-refractivity contribution in [1.82, 2.24) is 10.3 Å². The van der Waals surface area contributed by atoms with Gasteiger partial charge < -0.3 is 5.32 Å². The first-order valence-corrected chi connectivity index (χ1v) is 6.78. The second-order valence-corrected chi connectivity index (χ2v) is 5.15. The third-order valence-electron chi connectivity index (χ3n) is 2.32. The Morgan fingerprint density at radius 2 is 2.11 bits per heavy atom. The number of nitrogens with zero attached hydrogens (tertiary/aromatic N) is 1. The maximum Gasteiger partial charge on any atom is 0.417 e. The quantitative estimate of drug-likeness (QED) is 0.807. The molecule has 0 saturated heterocycles. The number of hydrogen-bond donors (Lipinski definition) is 1. The van der Waals surface area contributed by atoms with Gasteiger partial charge in [-0.3, -0.25) is 0 Å². The minimum absolute atomic E-state index is 0.457. The molecule has 0 saturated carbocycles. The van der Waals surface area contributed by atoms with Crippen molar-refractivity contribution < 1.29 is 13.2 Å². The van der Waals surface area contributed by atoms with Crippen LogP contribution in [-0.2, 0) is 6.18 Å². The average molecular weight is 278 g/mol. The molecule has 0 spiro atoms. The molecule has 0 bridgehead atoms. The lowest BCUT2D eigenvalue weighted by atomic mass is 10.2. The van der Waals surface area contributed by atoms with Gasteiger partial charge >= 0.3 is 6.18 Å². The Labute approximate surface area is 109 Å². The summed E-state index contributed by atoms with van der Waals surface area (Å²) in [6, 6.07) is 2.50. The molecule has 102 valence electrons. The molecule has 0 radical (unpaired) electrons. The standard InChI is InChI=1S/C12H17F3N2S/c1-3-16-6-9(2)8-18-11-5-4-10(7-17-11)12(13,14)15/h4-5,7,9,16H,3,6,8H2,1-2H3. The van der Waals surface area contributed by atoms with Gasteiger partial charge in [0, 0.05) is 11.9 Å². The number of thioether (sulfide) groups is 1. The highest BCUT2D eigenvalue weighted by Crippen LogP contribution is 2.29. The van der Waals surface area contributed by atoms with E-state index in [1.807, 2.05) is 6.92 Å². The Morgan fingerprint density at radius 1 is 1.39 bits per heavy atom. The zero-order valence-electron chi connectivity index (χ0n) is 10.4. The lowest BCUT2D eigenvalue weighted by Crippen LogP contribution is -2.21. The predicted octanol–water partition coefficient (Wildman–Crippen LogP) is 3.44. The van der Waals surface area contributed by atoms with Crippen LogP contribution in [0.15, 0.2) is 23.4 Å². The van der Waals surface area contributed by atoms with Crippen LogP contribution in [0.5, 0.6) is 0 Å². The fourth-order valence-electron chi connectivity index (χ4n) is 1.31. The number of halogens is 3. The van der Waals surface area contributed by atoms with Gasteiger partial charge in [0.1, 0.15) is 0 Å². The number of hydrogen-bond acceptors (Lipinski definition) is 3. The number of rotatable bonds is 6. The Balaban J connectivity index is 2.44. The Kier molecular flexibility index (Phi) is 5.95. The zero-order valence-corrected chi connectivity index (χ0v) is 11.2. The molecule has 18 heavy (non-hydrogen) atoms. The Hall–Kier alpha value is -0.750. The van der Waals surface area contributed by atoms with Gasteiger partial charge in [0.05, 0.1) is 10.6 Å². The topological polar surface area (TPSA) is 24.9 Å². The van der Waals surface area contributed by atoms with E-state index in [0.717, 1.165) is 31.1 Å². The molecule has 1 heterocycles. The average Bonchev–Trinajstić information content (AvgIpc) is 2.33. The summed E-state index contributed by atoms with van der Waals surface area (Å²) in [7, 11) is 0. The van der Waals surface area contributed by atoms with Crippen molar-refractivity contribution in [3.63, 3.8) is 0 Å². The van der Waals surface area contributed by atoms with Gasteiger partial charge in [0.25, 0.3) is 0 Å². The molecule has 1 aromatic heterocycles. The van der Waals surface area contributed by atoms with Crippen LogP contribution in [-0.4, -0.2) is 23.8 Å². The normalized spacial score (nSPS) is 13.6. The van der Waals surface area contributed by atoms with E-state index < -0.39 is 11.7 Å². The highest BCUT2D eigenvalue weighted by Gasteiger charge is 2.30. The molecule has 2 nitrogen and oxygen atoms in total. The van der Waals surface area contributed by atoms with Crippen LogP contribution in [0.25, 0.3) is 0 Å². The van der Waals surface area contributed by atoms with Crippen molar-refractivity contribution in [3.8, 4) is 0 Å². The van der Waals surface area contributed by atoms with Crippen molar-refractivity contribution in [2.24, 2.45) is 5.92 Å². The second kappa shape index (κ2) is 6.99. The van der Waals surface area contributed by atoms with Crippen LogP contribution in [0.4, 0.5) is 13.2 Å². The number of nitrogens with one attached hydrogen (secondary N) is 1. The summed E-state index contributed by atoms with van der Waals surface area (Å²) in [5, 5.41) is 3.86. The van der Waals surface area contributed by atoms with Gasteiger partial charge in [0.15, 0.2) is 0 Å². The van der Waals surface area contributed by atoms with Crippen LogP contribution in [0, 0.1) is 5.92 Å². The molecule has 1 unspecified atom stereocenters. The summed E-state index contributed by atoms with van der Waals surface area (Å²) >= 11 is 1.48. The van der Waals surface area contributed by atoms with E-state index in [0.29, 0.717) is 10.9 Å². The minimum atomic E-state index is -4.31. The molecule has 0 amide bonds. The van der Waals surface area contributed by atoms with Crippen LogP contribution in [0.2, 0.25) is 0 Å². The van der Waals surface area contributed by atoms with Crippen LogP contribution < -0.4 is 5.32 Å². The summed E-state index contributed by atoms with van der Waals surface area (Å²) in [6.07, 6.45) is -3.42. The van der Waals surface area contributed by atoms with Gasteiger partial charge in [0.2, 0.25) is 0 Å². The SMILES string of the molecule is CCNCC(C)CSc1ccc(C(F)(F)F)cn1. The van der Waals surface area contributed by atoms with Crippen molar-refractivity contribution in [1.29, 1.82) is 0 Å². The molecular formula is C12H17F3N2S. The first-order chi connectivity index (χ1) is 8.43. The third kappa shape index (κ3) is 5.27. The first-order valence-electron chi connectivity index (χ1n) is 5.80. The summed E-state index contributed by atoms with van der Waals surface area (Å²) in [5.41, 5.74) is -0.701. The van der Waals surface area contributed by atoms with E-state index in [9.17, 15) is 13.2 Å². The van der Waals surface area contributed by atoms with Gasteiger partial charge in [-0.1, -0.05) is 13.8 Å². The van der Waals surface area contributed by atoms with Crippen LogP contribution in [0.3, 0.4) is 0 Å². The molecule has 6 heteroatoms. The van der Waals surface area contributed by atoms with E-state index in [-0.39, 0.29) is 0 Å². The smallest absolute Gasteiger partial charge is 0.317 e. The minimum Gasteiger partial charge on any atom is -0.317 e. The summed E-state index contributed by atoms with van der Waals surface area (Å²) < 4.78 is 37.0. The maximum absolute atomic E-state index is 12.3. The van der Waals surface area contributed by atoms with Gasteiger partial charge in [-0.2, -0.15) is 13.2 Å². The van der Waals surface area contributed by atoms with Crippen molar-refractivity contribution >= 4 is 11.8 Å². The number of pyridine rings is 1. The summed E-state index contributed by atoms with van der Waals surface area (Å²) in [4.78, 5) is 3.82. The molecule has 0 fully saturated rings. The largest absolute Gasteiger partial charge is 0.417 e. The van der Waals surface area contributed by atoms with Crippen molar-refractivity contribution in [2.45, 2.75) is 25.0 Å². The van der Waals surface area contributed by atoms with E-state index in [1.165, 1.54) is 17.8 Å². The zero-order chi connectivity index (χ0) is 13.6. The summed E-state index contributed by atoms with van der Waals surface area (Å²) in [6.45, 7) is 5.97. The Bertz CT molecular complexity index is 351. The fraction of sp³-hybridized carbons (Fsp3) is 0.583. The van der Waals surface area contributed by atoms with Crippen LogP contribution >= 0.6 is 11.8 Å². The van der Waals surface area contributed by atoms with Gasteiger partial charge in [-0.05, 0) is 31.1 Å². The molecule has 1 rings (SSSR count). The van der Waals surface area contributed by atoms with E-state index in [2.05, 4.69) is 17.2 Å². The van der Waals surface area contributed by atoms with E-state index in [1.54, 1.807) is 0 Å². The lowest BCUT2D eigenvalue weighted by Gasteiger charge is -2.11. The van der Waals surface area contributed by atoms with E-state index >= 15 is 0 Å². The van der Waals surface area contributed by atoms with Gasteiger partial charge in [-0.25, -0.2) is 4.98 Å². The van der Waals surface area contributed by atoms with Crippen LogP contribution in [0.1, 0.15) is 19.4 Å². The Morgan fingerprint density at radius 3 is 2.61 bits per heavy atom. The lowest BCUT2D eigenvalue weighted by molar-refractivity contribution is -0.137. The molecule has 0 aliphatic heterocycles. The molecule has 1 N–H and O–H groups in total. The number of aromatic nitrogens is 1.